The van der Waals surface area contributed by atoms with Gasteiger partial charge in [-0.15, -0.1) is 0 Å². The lowest BCUT2D eigenvalue weighted by atomic mass is 10.4. The molecule has 0 aromatic carbocycles. The molecule has 0 aliphatic heterocycles. The number of nitrogens with one attached hydrogen (secondary N) is 1. The van der Waals surface area contributed by atoms with Crippen molar-refractivity contribution < 1.29 is 8.42 Å². The predicted molar refractivity (Wildman–Crippen MR) is 50.6 cm³/mol. The molecule has 3 nitrogen and oxygen atoms in total. The number of thiophene rings is 1. The summed E-state index contributed by atoms with van der Waals surface area (Å²) in [4.78, 5) is 0. The average molecular weight is 205 g/mol. The van der Waals surface area contributed by atoms with Gasteiger partial charge >= 0.3 is 0 Å². The summed E-state index contributed by atoms with van der Waals surface area (Å²) in [5, 5.41) is 3.85. The van der Waals surface area contributed by atoms with Gasteiger partial charge in [0.2, 0.25) is 10.0 Å². The fourth-order valence-corrected chi connectivity index (χ4v) is 1.95. The predicted octanol–water partition coefficient (Wildman–Crippen LogP) is 1.19. The molecule has 0 saturated carbocycles. The minimum Gasteiger partial charge on any atom is -0.212 e. The zero-order valence-corrected chi connectivity index (χ0v) is 8.41. The van der Waals surface area contributed by atoms with Crippen molar-refractivity contribution in [2.24, 2.45) is 0 Å². The van der Waals surface area contributed by atoms with Crippen LogP contribution >= 0.6 is 11.3 Å². The van der Waals surface area contributed by atoms with Crippen molar-refractivity contribution in [1.82, 2.24) is 4.72 Å². The van der Waals surface area contributed by atoms with E-state index in [1.807, 2.05) is 16.8 Å². The monoisotopic (exact) mass is 205 g/mol. The molecule has 1 aromatic heterocycles. The fraction of sp³-hybridized carbons (Fsp3) is 0.429. The van der Waals surface area contributed by atoms with E-state index in [1.165, 1.54) is 0 Å². The molecule has 68 valence electrons. The Morgan fingerprint density at radius 3 is 2.83 bits per heavy atom. The standard InChI is InChI=1S/C7H11NO2S2/c1-2-12(9,10)8-5-7-3-4-11-6-7/h3-4,6,8H,2,5H2,1H3. The third kappa shape index (κ3) is 2.92. The molecule has 0 radical (unpaired) electrons. The zero-order chi connectivity index (χ0) is 9.03. The molecule has 1 rings (SSSR count). The van der Waals surface area contributed by atoms with E-state index in [9.17, 15) is 8.42 Å². The second-order valence-corrected chi connectivity index (χ2v) is 5.23. The minimum atomic E-state index is -3.04. The van der Waals surface area contributed by atoms with E-state index in [-0.39, 0.29) is 5.75 Å². The fourth-order valence-electron chi connectivity index (χ4n) is 0.689. The summed E-state index contributed by atoms with van der Waals surface area (Å²) < 4.78 is 24.5. The van der Waals surface area contributed by atoms with E-state index in [2.05, 4.69) is 4.72 Å². The normalized spacial score (nSPS) is 11.8. The van der Waals surface area contributed by atoms with Crippen LogP contribution in [0.25, 0.3) is 0 Å². The minimum absolute atomic E-state index is 0.136. The number of sulfonamides is 1. The van der Waals surface area contributed by atoms with Gasteiger partial charge in [-0.3, -0.25) is 0 Å². The maximum atomic E-state index is 11.0. The molecular weight excluding hydrogens is 194 g/mol. The third-order valence-corrected chi connectivity index (χ3v) is 3.53. The molecular formula is C7H11NO2S2. The maximum absolute atomic E-state index is 11.0. The molecule has 0 saturated heterocycles. The van der Waals surface area contributed by atoms with E-state index in [4.69, 9.17) is 0 Å². The van der Waals surface area contributed by atoms with Gasteiger partial charge < -0.3 is 0 Å². The van der Waals surface area contributed by atoms with Crippen LogP contribution in [0.5, 0.6) is 0 Å². The first-order valence-corrected chi connectivity index (χ1v) is 6.22. The van der Waals surface area contributed by atoms with E-state index < -0.39 is 10.0 Å². The zero-order valence-electron chi connectivity index (χ0n) is 6.78. The van der Waals surface area contributed by atoms with Crippen LogP contribution < -0.4 is 4.72 Å². The Morgan fingerprint density at radius 1 is 1.58 bits per heavy atom. The Hall–Kier alpha value is -0.390. The SMILES string of the molecule is CCS(=O)(=O)NCc1ccsc1. The molecule has 0 unspecified atom stereocenters. The van der Waals surface area contributed by atoms with Crippen molar-refractivity contribution >= 4 is 21.4 Å². The molecule has 1 N–H and O–H groups in total. The molecule has 1 heterocycles. The molecule has 12 heavy (non-hydrogen) atoms. The smallest absolute Gasteiger partial charge is 0.211 e. The van der Waals surface area contributed by atoms with Crippen molar-refractivity contribution in [2.45, 2.75) is 13.5 Å². The summed E-state index contributed by atoms with van der Waals surface area (Å²) in [5.41, 5.74) is 1.01. The highest BCUT2D eigenvalue weighted by Crippen LogP contribution is 2.05. The Morgan fingerprint density at radius 2 is 2.33 bits per heavy atom. The van der Waals surface area contributed by atoms with Crippen molar-refractivity contribution in [1.29, 1.82) is 0 Å². The summed E-state index contributed by atoms with van der Waals surface area (Å²) in [7, 11) is -3.04. The molecule has 0 spiro atoms. The lowest BCUT2D eigenvalue weighted by Crippen LogP contribution is -2.24. The summed E-state index contributed by atoms with van der Waals surface area (Å²) in [5.74, 6) is 0.136. The molecule has 5 heteroatoms. The van der Waals surface area contributed by atoms with Crippen LogP contribution in [-0.2, 0) is 16.6 Å². The van der Waals surface area contributed by atoms with Gasteiger partial charge in [-0.1, -0.05) is 0 Å². The van der Waals surface area contributed by atoms with E-state index in [0.29, 0.717) is 6.54 Å². The summed E-state index contributed by atoms with van der Waals surface area (Å²) >= 11 is 1.56. The Bertz CT molecular complexity index is 315. The number of hydrogen-bond acceptors (Lipinski definition) is 3. The van der Waals surface area contributed by atoms with Gasteiger partial charge in [-0.2, -0.15) is 11.3 Å². The van der Waals surface area contributed by atoms with Crippen LogP contribution in [0.3, 0.4) is 0 Å². The van der Waals surface area contributed by atoms with Crippen LogP contribution in [0, 0.1) is 0 Å². The van der Waals surface area contributed by atoms with Gasteiger partial charge in [0.25, 0.3) is 0 Å². The summed E-state index contributed by atoms with van der Waals surface area (Å²) in [6, 6.07) is 1.91. The van der Waals surface area contributed by atoms with Crippen LogP contribution in [-0.4, -0.2) is 14.2 Å². The second kappa shape index (κ2) is 4.02. The van der Waals surface area contributed by atoms with Crippen molar-refractivity contribution in [2.75, 3.05) is 5.75 Å². The Kier molecular flexibility index (Phi) is 3.25. The first-order chi connectivity index (χ1) is 5.64. The highest BCUT2D eigenvalue weighted by molar-refractivity contribution is 7.89. The Balaban J connectivity index is 2.47. The van der Waals surface area contributed by atoms with Gasteiger partial charge in [0.05, 0.1) is 5.75 Å². The van der Waals surface area contributed by atoms with Gasteiger partial charge in [0, 0.05) is 6.54 Å². The van der Waals surface area contributed by atoms with E-state index in [0.717, 1.165) is 5.56 Å². The maximum Gasteiger partial charge on any atom is 0.211 e. The van der Waals surface area contributed by atoms with Gasteiger partial charge in [0.15, 0.2) is 0 Å². The first-order valence-electron chi connectivity index (χ1n) is 3.62. The molecule has 0 aliphatic carbocycles. The number of rotatable bonds is 4. The lowest BCUT2D eigenvalue weighted by Gasteiger charge is -2.01. The molecule has 0 bridgehead atoms. The van der Waals surface area contributed by atoms with E-state index >= 15 is 0 Å². The summed E-state index contributed by atoms with van der Waals surface area (Å²) in [6.45, 7) is 2.02. The summed E-state index contributed by atoms with van der Waals surface area (Å²) in [6.07, 6.45) is 0. The first kappa shape index (κ1) is 9.70. The molecule has 0 amide bonds. The van der Waals surface area contributed by atoms with Crippen molar-refractivity contribution in [3.05, 3.63) is 22.4 Å². The van der Waals surface area contributed by atoms with Crippen LogP contribution in [0.15, 0.2) is 16.8 Å². The van der Waals surface area contributed by atoms with Crippen LogP contribution in [0.4, 0.5) is 0 Å². The van der Waals surface area contributed by atoms with Crippen molar-refractivity contribution in [3.8, 4) is 0 Å². The molecule has 1 aromatic rings. The van der Waals surface area contributed by atoms with Crippen LogP contribution in [0.1, 0.15) is 12.5 Å². The second-order valence-electron chi connectivity index (χ2n) is 2.36. The quantitative estimate of drug-likeness (QED) is 0.802. The van der Waals surface area contributed by atoms with Crippen LogP contribution in [0.2, 0.25) is 0 Å². The van der Waals surface area contributed by atoms with Gasteiger partial charge in [0.1, 0.15) is 0 Å². The number of hydrogen-bond donors (Lipinski definition) is 1. The average Bonchev–Trinajstić information content (AvgIpc) is 2.53. The highest BCUT2D eigenvalue weighted by atomic mass is 32.2. The highest BCUT2D eigenvalue weighted by Gasteiger charge is 2.04. The van der Waals surface area contributed by atoms with E-state index in [1.54, 1.807) is 18.3 Å². The van der Waals surface area contributed by atoms with Crippen molar-refractivity contribution in [3.63, 3.8) is 0 Å². The third-order valence-electron chi connectivity index (χ3n) is 1.46. The largest absolute Gasteiger partial charge is 0.212 e. The molecule has 0 atom stereocenters. The molecule has 0 fully saturated rings. The topological polar surface area (TPSA) is 46.2 Å². The van der Waals surface area contributed by atoms with Gasteiger partial charge in [-0.05, 0) is 29.3 Å². The lowest BCUT2D eigenvalue weighted by molar-refractivity contribution is 0.582. The molecule has 0 aliphatic rings. The Labute approximate surface area is 76.5 Å². The van der Waals surface area contributed by atoms with Gasteiger partial charge in [-0.25, -0.2) is 13.1 Å².